The third kappa shape index (κ3) is 3.12. The maximum Gasteiger partial charge on any atom is 0.256 e. The van der Waals surface area contributed by atoms with E-state index in [0.717, 1.165) is 0 Å². The van der Waals surface area contributed by atoms with Crippen LogP contribution in [0.3, 0.4) is 0 Å². The van der Waals surface area contributed by atoms with Gasteiger partial charge in [-0.1, -0.05) is 0 Å². The molecule has 2 atom stereocenters. The van der Waals surface area contributed by atoms with Crippen molar-refractivity contribution in [2.45, 2.75) is 12.2 Å². The Morgan fingerprint density at radius 1 is 1.18 bits per heavy atom. The van der Waals surface area contributed by atoms with Gasteiger partial charge in [0.2, 0.25) is 0 Å². The molecule has 0 aromatic rings. The lowest BCUT2D eigenvalue weighted by Gasteiger charge is -2.31. The van der Waals surface area contributed by atoms with Gasteiger partial charge in [0.05, 0.1) is 26.4 Å². The summed E-state index contributed by atoms with van der Waals surface area (Å²) in [4.78, 5) is 11.8. The number of hydrogen-bond donors (Lipinski definition) is 5. The number of aliphatic hydroxyl groups excluding tert-OH is 3. The normalized spacial score (nSPS) is 25.9. The number of amides is 1. The smallest absolute Gasteiger partial charge is 0.256 e. The van der Waals surface area contributed by atoms with Crippen LogP contribution in [-0.4, -0.2) is 82.9 Å². The standard InChI is InChI=1S/C9H20N4O4/c10-7-8(11-1-4-14)12(2-5-15)13(3-6-16)9(7)17/h7-8,11,14-16H,1-6,10H2. The van der Waals surface area contributed by atoms with Gasteiger partial charge in [-0.2, -0.15) is 5.01 Å². The SMILES string of the molecule is NC1C(=O)N(CCO)N(CCO)C1NCCO. The highest BCUT2D eigenvalue weighted by Gasteiger charge is 2.43. The molecule has 1 heterocycles. The van der Waals surface area contributed by atoms with Gasteiger partial charge in [0.1, 0.15) is 12.2 Å². The summed E-state index contributed by atoms with van der Waals surface area (Å²) in [5.74, 6) is -0.303. The number of nitrogens with two attached hydrogens (primary N) is 1. The highest BCUT2D eigenvalue weighted by Crippen LogP contribution is 2.16. The van der Waals surface area contributed by atoms with Crippen LogP contribution in [-0.2, 0) is 4.79 Å². The van der Waals surface area contributed by atoms with E-state index < -0.39 is 12.2 Å². The molecule has 1 rings (SSSR count). The quantitative estimate of drug-likeness (QED) is 0.314. The van der Waals surface area contributed by atoms with Gasteiger partial charge in [0, 0.05) is 13.1 Å². The van der Waals surface area contributed by atoms with E-state index in [-0.39, 0.29) is 38.8 Å². The molecule has 1 aliphatic heterocycles. The number of nitrogens with zero attached hydrogens (tertiary/aromatic N) is 2. The molecule has 1 fully saturated rings. The van der Waals surface area contributed by atoms with Gasteiger partial charge in [-0.05, 0) is 0 Å². The van der Waals surface area contributed by atoms with Crippen molar-refractivity contribution < 1.29 is 20.1 Å². The number of hydrogen-bond acceptors (Lipinski definition) is 7. The topological polar surface area (TPSA) is 122 Å². The first-order valence-corrected chi connectivity index (χ1v) is 5.56. The third-order valence-electron chi connectivity index (χ3n) is 2.62. The Morgan fingerprint density at radius 2 is 1.82 bits per heavy atom. The summed E-state index contributed by atoms with van der Waals surface area (Å²) in [7, 11) is 0. The minimum Gasteiger partial charge on any atom is -0.395 e. The molecule has 0 spiro atoms. The van der Waals surface area contributed by atoms with E-state index in [4.69, 9.17) is 21.1 Å². The number of carbonyl (C=O) groups is 1. The monoisotopic (exact) mass is 248 g/mol. The number of β-amino-alcohol motifs (C(OH)–C–C–N with tert-alkyl or cyclic N) is 2. The van der Waals surface area contributed by atoms with Gasteiger partial charge in [-0.25, -0.2) is 0 Å². The molecule has 100 valence electrons. The van der Waals surface area contributed by atoms with Crippen LogP contribution in [0.5, 0.6) is 0 Å². The Hall–Kier alpha value is -0.770. The van der Waals surface area contributed by atoms with Gasteiger partial charge in [0.15, 0.2) is 0 Å². The Balaban J connectivity index is 2.75. The lowest BCUT2D eigenvalue weighted by atomic mass is 10.2. The zero-order valence-corrected chi connectivity index (χ0v) is 9.62. The number of nitrogens with one attached hydrogen (secondary N) is 1. The maximum atomic E-state index is 11.8. The van der Waals surface area contributed by atoms with Crippen molar-refractivity contribution in [3.63, 3.8) is 0 Å². The number of carbonyl (C=O) groups excluding carboxylic acids is 1. The number of aliphatic hydroxyl groups is 3. The fourth-order valence-corrected chi connectivity index (χ4v) is 1.91. The number of rotatable bonds is 7. The molecule has 0 aromatic carbocycles. The van der Waals surface area contributed by atoms with E-state index in [0.29, 0.717) is 6.54 Å². The lowest BCUT2D eigenvalue weighted by molar-refractivity contribution is -0.141. The first-order valence-electron chi connectivity index (χ1n) is 5.56. The Labute approximate surface area is 99.6 Å². The van der Waals surface area contributed by atoms with Crippen molar-refractivity contribution >= 4 is 5.91 Å². The molecule has 0 saturated carbocycles. The van der Waals surface area contributed by atoms with E-state index in [1.165, 1.54) is 5.01 Å². The molecular weight excluding hydrogens is 228 g/mol. The van der Waals surface area contributed by atoms with Crippen LogP contribution in [0.4, 0.5) is 0 Å². The van der Waals surface area contributed by atoms with Gasteiger partial charge in [-0.15, -0.1) is 0 Å². The average molecular weight is 248 g/mol. The van der Waals surface area contributed by atoms with Crippen LogP contribution < -0.4 is 11.1 Å². The fraction of sp³-hybridized carbons (Fsp3) is 0.889. The Kier molecular flexibility index (Phi) is 5.75. The highest BCUT2D eigenvalue weighted by molar-refractivity contribution is 5.84. The van der Waals surface area contributed by atoms with Gasteiger partial charge < -0.3 is 21.1 Å². The zero-order chi connectivity index (χ0) is 12.8. The largest absolute Gasteiger partial charge is 0.395 e. The van der Waals surface area contributed by atoms with Crippen molar-refractivity contribution in [2.24, 2.45) is 5.73 Å². The van der Waals surface area contributed by atoms with Gasteiger partial charge in [0.25, 0.3) is 5.91 Å². The molecule has 6 N–H and O–H groups in total. The summed E-state index contributed by atoms with van der Waals surface area (Å²) in [5.41, 5.74) is 5.76. The second kappa shape index (κ2) is 6.84. The molecule has 8 nitrogen and oxygen atoms in total. The van der Waals surface area contributed by atoms with Crippen LogP contribution in [0.2, 0.25) is 0 Å². The summed E-state index contributed by atoms with van der Waals surface area (Å²) in [6, 6.07) is -0.764. The number of hydrazine groups is 1. The van der Waals surface area contributed by atoms with Crippen LogP contribution in [0.15, 0.2) is 0 Å². The van der Waals surface area contributed by atoms with Crippen LogP contribution in [0.1, 0.15) is 0 Å². The predicted octanol–water partition coefficient (Wildman–Crippen LogP) is -3.73. The molecule has 8 heteroatoms. The Bertz CT molecular complexity index is 253. The minimum absolute atomic E-state index is 0.0651. The average Bonchev–Trinajstić information content (AvgIpc) is 2.53. The van der Waals surface area contributed by atoms with Crippen molar-refractivity contribution in [1.82, 2.24) is 15.3 Å². The summed E-state index contributed by atoms with van der Waals surface area (Å²) in [5, 5.41) is 32.5. The molecule has 1 aliphatic rings. The highest BCUT2D eigenvalue weighted by atomic mass is 16.3. The summed E-state index contributed by atoms with van der Waals surface area (Å²) < 4.78 is 0. The van der Waals surface area contributed by atoms with E-state index in [9.17, 15) is 4.79 Å². The van der Waals surface area contributed by atoms with E-state index in [2.05, 4.69) is 5.32 Å². The van der Waals surface area contributed by atoms with Gasteiger partial charge >= 0.3 is 0 Å². The van der Waals surface area contributed by atoms with Crippen molar-refractivity contribution in [2.75, 3.05) is 39.5 Å². The summed E-state index contributed by atoms with van der Waals surface area (Å²) >= 11 is 0. The molecule has 0 radical (unpaired) electrons. The van der Waals surface area contributed by atoms with Crippen molar-refractivity contribution in [3.05, 3.63) is 0 Å². The Morgan fingerprint density at radius 3 is 2.35 bits per heavy atom. The summed E-state index contributed by atoms with van der Waals surface area (Å²) in [6.07, 6.45) is -0.464. The maximum absolute atomic E-state index is 11.8. The first kappa shape index (κ1) is 14.3. The van der Waals surface area contributed by atoms with E-state index in [1.54, 1.807) is 5.01 Å². The molecule has 2 unspecified atom stereocenters. The van der Waals surface area contributed by atoms with Crippen LogP contribution in [0.25, 0.3) is 0 Å². The minimum atomic E-state index is -0.764. The summed E-state index contributed by atoms with van der Waals surface area (Å²) in [6.45, 7) is 0.323. The predicted molar refractivity (Wildman–Crippen MR) is 59.4 cm³/mol. The first-order chi connectivity index (χ1) is 8.17. The molecular formula is C9H20N4O4. The van der Waals surface area contributed by atoms with Crippen molar-refractivity contribution in [1.29, 1.82) is 0 Å². The molecule has 0 aromatic heterocycles. The fourth-order valence-electron chi connectivity index (χ4n) is 1.91. The zero-order valence-electron chi connectivity index (χ0n) is 9.62. The van der Waals surface area contributed by atoms with Crippen LogP contribution >= 0.6 is 0 Å². The molecule has 0 aliphatic carbocycles. The lowest BCUT2D eigenvalue weighted by Crippen LogP contribution is -2.53. The van der Waals surface area contributed by atoms with Gasteiger partial charge in [-0.3, -0.25) is 15.1 Å². The van der Waals surface area contributed by atoms with Crippen molar-refractivity contribution in [3.8, 4) is 0 Å². The molecule has 0 bridgehead atoms. The molecule has 1 amide bonds. The van der Waals surface area contributed by atoms with E-state index in [1.807, 2.05) is 0 Å². The van der Waals surface area contributed by atoms with Crippen LogP contribution in [0, 0.1) is 0 Å². The second-order valence-electron chi connectivity index (χ2n) is 3.72. The third-order valence-corrected chi connectivity index (χ3v) is 2.62. The molecule has 1 saturated heterocycles. The second-order valence-corrected chi connectivity index (χ2v) is 3.72. The molecule has 17 heavy (non-hydrogen) atoms. The van der Waals surface area contributed by atoms with E-state index >= 15 is 0 Å².